The molecule has 0 unspecified atom stereocenters. The predicted octanol–water partition coefficient (Wildman–Crippen LogP) is 4.74. The Bertz CT molecular complexity index is 1090. The van der Waals surface area contributed by atoms with Crippen LogP contribution in [0, 0.1) is 0 Å². The first-order valence-corrected chi connectivity index (χ1v) is 9.55. The average Bonchev–Trinajstić information content (AvgIpc) is 2.77. The van der Waals surface area contributed by atoms with Crippen molar-refractivity contribution in [2.45, 2.75) is 19.0 Å². The van der Waals surface area contributed by atoms with Crippen LogP contribution in [0.5, 0.6) is 11.5 Å². The van der Waals surface area contributed by atoms with Gasteiger partial charge in [-0.25, -0.2) is 9.97 Å². The second-order valence-electron chi connectivity index (χ2n) is 6.90. The number of hydrogen-bond acceptors (Lipinski definition) is 7. The molecule has 0 saturated carbocycles. The van der Waals surface area contributed by atoms with Crippen molar-refractivity contribution >= 4 is 23.3 Å². The number of ether oxygens (including phenoxy) is 2. The fourth-order valence-corrected chi connectivity index (χ4v) is 3.48. The van der Waals surface area contributed by atoms with E-state index in [1.165, 1.54) is 19.5 Å². The van der Waals surface area contributed by atoms with Crippen LogP contribution in [0.2, 0.25) is 0 Å². The molecule has 7 nitrogen and oxygen atoms in total. The number of rotatable bonds is 5. The van der Waals surface area contributed by atoms with Gasteiger partial charge in [0.25, 0.3) is 0 Å². The highest BCUT2D eigenvalue weighted by atomic mass is 19.4. The monoisotopic (exact) mass is 431 g/mol. The zero-order valence-corrected chi connectivity index (χ0v) is 16.9. The standard InChI is InChI=1S/C21H20F3N5O2/c1-30-17-8-7-15(11-18(17)31-2)27-19-25-12-26-20(28-19)29-9-3-4-13-5-6-14(10-16(13)29)21(22,23)24/h5-8,10-12H,3-4,9H2,1-2H3,(H,25,26,27,28). The van der Waals surface area contributed by atoms with Crippen LogP contribution < -0.4 is 19.7 Å². The number of fused-ring (bicyclic) bond motifs is 1. The Labute approximate surface area is 176 Å². The molecule has 0 amide bonds. The first-order valence-electron chi connectivity index (χ1n) is 9.55. The fourth-order valence-electron chi connectivity index (χ4n) is 3.48. The summed E-state index contributed by atoms with van der Waals surface area (Å²) in [6, 6.07) is 9.03. The summed E-state index contributed by atoms with van der Waals surface area (Å²) >= 11 is 0. The summed E-state index contributed by atoms with van der Waals surface area (Å²) in [6.07, 6.45) is -1.61. The minimum atomic E-state index is -4.42. The van der Waals surface area contributed by atoms with Crippen molar-refractivity contribution in [3.05, 3.63) is 53.9 Å². The van der Waals surface area contributed by atoms with E-state index in [-0.39, 0.29) is 11.9 Å². The second kappa shape index (κ2) is 8.29. The van der Waals surface area contributed by atoms with Gasteiger partial charge in [0.2, 0.25) is 11.9 Å². The summed E-state index contributed by atoms with van der Waals surface area (Å²) in [5, 5.41) is 3.06. The van der Waals surface area contributed by atoms with Crippen LogP contribution in [0.4, 0.5) is 36.4 Å². The number of halogens is 3. The van der Waals surface area contributed by atoms with Crippen molar-refractivity contribution in [3.8, 4) is 11.5 Å². The maximum atomic E-state index is 13.2. The summed E-state index contributed by atoms with van der Waals surface area (Å²) in [4.78, 5) is 14.4. The average molecular weight is 431 g/mol. The Balaban J connectivity index is 1.64. The number of anilines is 4. The molecule has 0 saturated heterocycles. The largest absolute Gasteiger partial charge is 0.493 e. The van der Waals surface area contributed by atoms with Gasteiger partial charge in [-0.2, -0.15) is 18.2 Å². The molecule has 0 radical (unpaired) electrons. The Morgan fingerprint density at radius 2 is 1.81 bits per heavy atom. The van der Waals surface area contributed by atoms with Gasteiger partial charge in [0, 0.05) is 24.0 Å². The molecule has 1 aliphatic rings. The van der Waals surface area contributed by atoms with E-state index in [0.717, 1.165) is 24.1 Å². The zero-order valence-electron chi connectivity index (χ0n) is 16.9. The van der Waals surface area contributed by atoms with Gasteiger partial charge in [-0.05, 0) is 42.7 Å². The van der Waals surface area contributed by atoms with Gasteiger partial charge in [0.15, 0.2) is 11.5 Å². The Hall–Kier alpha value is -3.56. The van der Waals surface area contributed by atoms with Gasteiger partial charge >= 0.3 is 6.18 Å². The molecule has 10 heteroatoms. The van der Waals surface area contributed by atoms with E-state index in [9.17, 15) is 13.2 Å². The number of methoxy groups -OCH3 is 2. The van der Waals surface area contributed by atoms with Gasteiger partial charge in [0.05, 0.1) is 19.8 Å². The van der Waals surface area contributed by atoms with Crippen LogP contribution in [0.1, 0.15) is 17.5 Å². The smallest absolute Gasteiger partial charge is 0.416 e. The quantitative estimate of drug-likeness (QED) is 0.626. The van der Waals surface area contributed by atoms with Crippen molar-refractivity contribution in [3.63, 3.8) is 0 Å². The van der Waals surface area contributed by atoms with E-state index in [1.54, 1.807) is 30.2 Å². The molecule has 0 aliphatic carbocycles. The highest BCUT2D eigenvalue weighted by Gasteiger charge is 2.32. The Kier molecular flexibility index (Phi) is 5.53. The van der Waals surface area contributed by atoms with Crippen LogP contribution in [0.25, 0.3) is 0 Å². The van der Waals surface area contributed by atoms with Crippen LogP contribution >= 0.6 is 0 Å². The molecule has 1 aromatic heterocycles. The molecular formula is C21H20F3N5O2. The fraction of sp³-hybridized carbons (Fsp3) is 0.286. The number of aryl methyl sites for hydroxylation is 1. The molecule has 0 spiro atoms. The SMILES string of the molecule is COc1ccc(Nc2ncnc(N3CCCc4ccc(C(F)(F)F)cc43)n2)cc1OC. The molecule has 1 N–H and O–H groups in total. The number of nitrogens with one attached hydrogen (secondary N) is 1. The molecule has 2 aromatic carbocycles. The maximum Gasteiger partial charge on any atom is 0.416 e. The Morgan fingerprint density at radius 3 is 2.55 bits per heavy atom. The van der Waals surface area contributed by atoms with Gasteiger partial charge < -0.3 is 19.7 Å². The molecule has 4 rings (SSSR count). The normalized spacial score (nSPS) is 13.5. The van der Waals surface area contributed by atoms with Crippen LogP contribution in [-0.2, 0) is 12.6 Å². The van der Waals surface area contributed by atoms with E-state index in [0.29, 0.717) is 35.8 Å². The molecule has 31 heavy (non-hydrogen) atoms. The lowest BCUT2D eigenvalue weighted by Crippen LogP contribution is -2.27. The molecule has 162 valence electrons. The first kappa shape index (κ1) is 20.7. The maximum absolute atomic E-state index is 13.2. The van der Waals surface area contributed by atoms with Crippen LogP contribution in [0.15, 0.2) is 42.7 Å². The summed E-state index contributed by atoms with van der Waals surface area (Å²) in [6.45, 7) is 0.508. The lowest BCUT2D eigenvalue weighted by Gasteiger charge is -2.30. The van der Waals surface area contributed by atoms with E-state index in [1.807, 2.05) is 0 Å². The minimum absolute atomic E-state index is 0.260. The molecule has 3 aromatic rings. The molecule has 2 heterocycles. The van der Waals surface area contributed by atoms with Crippen molar-refractivity contribution in [1.29, 1.82) is 0 Å². The summed E-state index contributed by atoms with van der Waals surface area (Å²) in [5.74, 6) is 1.65. The number of hydrogen-bond donors (Lipinski definition) is 1. The third-order valence-corrected chi connectivity index (χ3v) is 4.97. The van der Waals surface area contributed by atoms with Crippen molar-refractivity contribution < 1.29 is 22.6 Å². The Morgan fingerprint density at radius 1 is 1.00 bits per heavy atom. The zero-order chi connectivity index (χ0) is 22.0. The van der Waals surface area contributed by atoms with Gasteiger partial charge in [-0.15, -0.1) is 0 Å². The number of alkyl halides is 3. The number of aromatic nitrogens is 3. The van der Waals surface area contributed by atoms with E-state index >= 15 is 0 Å². The van der Waals surface area contributed by atoms with Crippen molar-refractivity contribution in [1.82, 2.24) is 15.0 Å². The third-order valence-electron chi connectivity index (χ3n) is 4.97. The first-order chi connectivity index (χ1) is 14.9. The second-order valence-corrected chi connectivity index (χ2v) is 6.90. The molecule has 0 atom stereocenters. The lowest BCUT2D eigenvalue weighted by molar-refractivity contribution is -0.137. The topological polar surface area (TPSA) is 72.4 Å². The van der Waals surface area contributed by atoms with E-state index in [4.69, 9.17) is 9.47 Å². The number of nitrogens with zero attached hydrogens (tertiary/aromatic N) is 4. The molecular weight excluding hydrogens is 411 g/mol. The summed E-state index contributed by atoms with van der Waals surface area (Å²) in [7, 11) is 3.08. The molecule has 0 bridgehead atoms. The summed E-state index contributed by atoms with van der Waals surface area (Å²) < 4.78 is 50.2. The third kappa shape index (κ3) is 4.32. The van der Waals surface area contributed by atoms with Crippen LogP contribution in [-0.4, -0.2) is 35.7 Å². The summed E-state index contributed by atoms with van der Waals surface area (Å²) in [5.41, 5.74) is 1.25. The highest BCUT2D eigenvalue weighted by molar-refractivity contribution is 5.66. The van der Waals surface area contributed by atoms with Crippen molar-refractivity contribution in [2.24, 2.45) is 0 Å². The van der Waals surface area contributed by atoms with Crippen LogP contribution in [0.3, 0.4) is 0 Å². The van der Waals surface area contributed by atoms with Gasteiger partial charge in [-0.3, -0.25) is 0 Å². The highest BCUT2D eigenvalue weighted by Crippen LogP contribution is 2.38. The van der Waals surface area contributed by atoms with Crippen molar-refractivity contribution in [2.75, 3.05) is 31.0 Å². The van der Waals surface area contributed by atoms with Gasteiger partial charge in [-0.1, -0.05) is 6.07 Å². The molecule has 1 aliphatic heterocycles. The minimum Gasteiger partial charge on any atom is -0.493 e. The predicted molar refractivity (Wildman–Crippen MR) is 109 cm³/mol. The lowest BCUT2D eigenvalue weighted by atomic mass is 9.99. The van der Waals surface area contributed by atoms with Gasteiger partial charge in [0.1, 0.15) is 6.33 Å². The number of benzene rings is 2. The van der Waals surface area contributed by atoms with E-state index in [2.05, 4.69) is 20.3 Å². The van der Waals surface area contributed by atoms with E-state index < -0.39 is 11.7 Å². The molecule has 0 fully saturated rings.